The van der Waals surface area contributed by atoms with Crippen LogP contribution in [0.1, 0.15) is 77.6 Å². The quantitative estimate of drug-likeness (QED) is 0.373. The number of hydrogen-bond acceptors (Lipinski definition) is 1. The van der Waals surface area contributed by atoms with E-state index in [9.17, 15) is 0 Å². The van der Waals surface area contributed by atoms with Crippen LogP contribution in [0.15, 0.2) is 12.2 Å². The minimum Gasteiger partial charge on any atom is -0.396 e. The molecule has 0 aromatic rings. The van der Waals surface area contributed by atoms with Crippen LogP contribution in [-0.2, 0) is 0 Å². The van der Waals surface area contributed by atoms with Crippen LogP contribution in [0.4, 0.5) is 0 Å². The highest BCUT2D eigenvalue weighted by molar-refractivity contribution is 4.81. The average molecular weight is 226 g/mol. The van der Waals surface area contributed by atoms with E-state index in [-0.39, 0.29) is 0 Å². The molecular weight excluding hydrogens is 196 g/mol. The Morgan fingerprint density at radius 2 is 1.19 bits per heavy atom. The molecule has 0 aromatic heterocycles. The molecule has 0 aliphatic carbocycles. The lowest BCUT2D eigenvalue weighted by Crippen LogP contribution is -1.83. The third-order valence-corrected chi connectivity index (χ3v) is 2.92. The van der Waals surface area contributed by atoms with Gasteiger partial charge in [0.2, 0.25) is 0 Å². The molecule has 1 N–H and O–H groups in total. The van der Waals surface area contributed by atoms with Gasteiger partial charge in [0.15, 0.2) is 0 Å². The second-order valence-electron chi connectivity index (χ2n) is 4.60. The SMILES string of the molecule is CCCCC/C=C/CCCCCCCCO. The minimum atomic E-state index is 0.362. The number of allylic oxidation sites excluding steroid dienone is 2. The van der Waals surface area contributed by atoms with Gasteiger partial charge in [-0.15, -0.1) is 0 Å². The largest absolute Gasteiger partial charge is 0.396 e. The molecule has 96 valence electrons. The van der Waals surface area contributed by atoms with Crippen molar-refractivity contribution in [2.75, 3.05) is 6.61 Å². The van der Waals surface area contributed by atoms with E-state index in [1.165, 1.54) is 64.2 Å². The van der Waals surface area contributed by atoms with E-state index in [4.69, 9.17) is 5.11 Å². The van der Waals surface area contributed by atoms with Gasteiger partial charge < -0.3 is 5.11 Å². The lowest BCUT2D eigenvalue weighted by molar-refractivity contribution is 0.282. The maximum absolute atomic E-state index is 8.62. The van der Waals surface area contributed by atoms with E-state index >= 15 is 0 Å². The molecule has 16 heavy (non-hydrogen) atoms. The van der Waals surface area contributed by atoms with Gasteiger partial charge in [-0.2, -0.15) is 0 Å². The van der Waals surface area contributed by atoms with Crippen LogP contribution in [0.25, 0.3) is 0 Å². The normalized spacial score (nSPS) is 11.4. The zero-order valence-corrected chi connectivity index (χ0v) is 11.1. The molecule has 0 aliphatic heterocycles. The van der Waals surface area contributed by atoms with Gasteiger partial charge in [-0.05, 0) is 32.1 Å². The van der Waals surface area contributed by atoms with E-state index < -0.39 is 0 Å². The number of unbranched alkanes of at least 4 members (excludes halogenated alkanes) is 9. The molecule has 1 nitrogen and oxygen atoms in total. The van der Waals surface area contributed by atoms with Gasteiger partial charge in [0.25, 0.3) is 0 Å². The summed E-state index contributed by atoms with van der Waals surface area (Å²) in [6.45, 7) is 2.61. The number of rotatable bonds is 12. The van der Waals surface area contributed by atoms with Crippen LogP contribution < -0.4 is 0 Å². The molecule has 0 amide bonds. The van der Waals surface area contributed by atoms with Gasteiger partial charge in [0, 0.05) is 6.61 Å². The molecule has 0 bridgehead atoms. The predicted molar refractivity (Wildman–Crippen MR) is 72.7 cm³/mol. The van der Waals surface area contributed by atoms with Gasteiger partial charge in [0.1, 0.15) is 0 Å². The second-order valence-corrected chi connectivity index (χ2v) is 4.60. The highest BCUT2D eigenvalue weighted by Crippen LogP contribution is 2.08. The van der Waals surface area contributed by atoms with Gasteiger partial charge in [0.05, 0.1) is 0 Å². The summed E-state index contributed by atoms with van der Waals surface area (Å²) in [6.07, 6.45) is 18.8. The third kappa shape index (κ3) is 13.7. The fraction of sp³-hybridized carbons (Fsp3) is 0.867. The maximum Gasteiger partial charge on any atom is 0.0431 e. The molecule has 0 spiro atoms. The van der Waals surface area contributed by atoms with Crippen molar-refractivity contribution >= 4 is 0 Å². The molecule has 0 aromatic carbocycles. The summed E-state index contributed by atoms with van der Waals surface area (Å²) in [4.78, 5) is 0. The molecule has 0 atom stereocenters. The van der Waals surface area contributed by atoms with Crippen LogP contribution in [0.3, 0.4) is 0 Å². The lowest BCUT2D eigenvalue weighted by Gasteiger charge is -1.98. The Hall–Kier alpha value is -0.300. The van der Waals surface area contributed by atoms with Crippen molar-refractivity contribution in [2.45, 2.75) is 77.6 Å². The van der Waals surface area contributed by atoms with Crippen molar-refractivity contribution in [2.24, 2.45) is 0 Å². The summed E-state index contributed by atoms with van der Waals surface area (Å²) >= 11 is 0. The molecule has 0 fully saturated rings. The summed E-state index contributed by atoms with van der Waals surface area (Å²) in [5, 5.41) is 8.62. The molecular formula is C15H30O. The highest BCUT2D eigenvalue weighted by Gasteiger charge is 1.89. The fourth-order valence-corrected chi connectivity index (χ4v) is 1.83. The van der Waals surface area contributed by atoms with Crippen molar-refractivity contribution in [1.82, 2.24) is 0 Å². The summed E-state index contributed by atoms with van der Waals surface area (Å²) < 4.78 is 0. The van der Waals surface area contributed by atoms with E-state index in [0.717, 1.165) is 6.42 Å². The topological polar surface area (TPSA) is 20.2 Å². The summed E-state index contributed by atoms with van der Waals surface area (Å²) in [7, 11) is 0. The molecule has 0 saturated heterocycles. The fourth-order valence-electron chi connectivity index (χ4n) is 1.83. The molecule has 0 radical (unpaired) electrons. The Labute approximate surface area is 102 Å². The first-order valence-corrected chi connectivity index (χ1v) is 7.17. The van der Waals surface area contributed by atoms with Gasteiger partial charge in [-0.3, -0.25) is 0 Å². The van der Waals surface area contributed by atoms with Crippen LogP contribution in [0, 0.1) is 0 Å². The van der Waals surface area contributed by atoms with Crippen LogP contribution in [0.5, 0.6) is 0 Å². The monoisotopic (exact) mass is 226 g/mol. The zero-order valence-electron chi connectivity index (χ0n) is 11.1. The van der Waals surface area contributed by atoms with Crippen LogP contribution in [-0.4, -0.2) is 11.7 Å². The molecule has 0 heterocycles. The molecule has 1 heteroatoms. The Bertz CT molecular complexity index is 140. The van der Waals surface area contributed by atoms with E-state index in [1.54, 1.807) is 0 Å². The van der Waals surface area contributed by atoms with Crippen molar-refractivity contribution in [3.8, 4) is 0 Å². The van der Waals surface area contributed by atoms with Crippen LogP contribution in [0.2, 0.25) is 0 Å². The molecule has 0 saturated carbocycles. The minimum absolute atomic E-state index is 0.362. The average Bonchev–Trinajstić information content (AvgIpc) is 2.31. The number of hydrogen-bond donors (Lipinski definition) is 1. The van der Waals surface area contributed by atoms with Gasteiger partial charge in [-0.25, -0.2) is 0 Å². The van der Waals surface area contributed by atoms with Gasteiger partial charge in [-0.1, -0.05) is 57.6 Å². The lowest BCUT2D eigenvalue weighted by atomic mass is 10.1. The highest BCUT2D eigenvalue weighted by atomic mass is 16.2. The maximum atomic E-state index is 8.62. The Kier molecular flexibility index (Phi) is 14.4. The van der Waals surface area contributed by atoms with Crippen molar-refractivity contribution < 1.29 is 5.11 Å². The first-order valence-electron chi connectivity index (χ1n) is 7.17. The predicted octanol–water partition coefficient (Wildman–Crippen LogP) is 4.85. The molecule has 0 rings (SSSR count). The van der Waals surface area contributed by atoms with E-state index in [0.29, 0.717) is 6.61 Å². The standard InChI is InChI=1S/C15H30O/c1-2-3-4-5-6-7-8-9-10-11-12-13-14-15-16/h6-7,16H,2-5,8-15H2,1H3/b7-6+. The zero-order chi connectivity index (χ0) is 11.9. The first-order chi connectivity index (χ1) is 7.91. The second kappa shape index (κ2) is 14.7. The summed E-state index contributed by atoms with van der Waals surface area (Å²) in [6, 6.07) is 0. The van der Waals surface area contributed by atoms with E-state index in [1.807, 2.05) is 0 Å². The summed E-state index contributed by atoms with van der Waals surface area (Å²) in [5.74, 6) is 0. The number of aliphatic hydroxyl groups excluding tert-OH is 1. The smallest absolute Gasteiger partial charge is 0.0431 e. The van der Waals surface area contributed by atoms with Gasteiger partial charge >= 0.3 is 0 Å². The van der Waals surface area contributed by atoms with E-state index in [2.05, 4.69) is 19.1 Å². The molecule has 0 unspecified atom stereocenters. The Balaban J connectivity index is 2.97. The Morgan fingerprint density at radius 3 is 1.75 bits per heavy atom. The summed E-state index contributed by atoms with van der Waals surface area (Å²) in [5.41, 5.74) is 0. The van der Waals surface area contributed by atoms with Crippen molar-refractivity contribution in [3.05, 3.63) is 12.2 Å². The van der Waals surface area contributed by atoms with Crippen molar-refractivity contribution in [1.29, 1.82) is 0 Å². The Morgan fingerprint density at radius 1 is 0.688 bits per heavy atom. The first kappa shape index (κ1) is 15.7. The molecule has 0 aliphatic rings. The van der Waals surface area contributed by atoms with Crippen LogP contribution >= 0.6 is 0 Å². The van der Waals surface area contributed by atoms with Crippen molar-refractivity contribution in [3.63, 3.8) is 0 Å². The number of aliphatic hydroxyl groups is 1. The third-order valence-electron chi connectivity index (χ3n) is 2.92.